The molecule has 0 radical (unpaired) electrons. The molecular weight excluding hydrogens is 180 g/mol. The van der Waals surface area contributed by atoms with Crippen LogP contribution in [0.1, 0.15) is 11.1 Å². The van der Waals surface area contributed by atoms with Crippen molar-refractivity contribution < 1.29 is 14.3 Å². The summed E-state index contributed by atoms with van der Waals surface area (Å²) in [6, 6.07) is 7.89. The van der Waals surface area contributed by atoms with Crippen LogP contribution in [-0.2, 0) is 26.3 Å². The minimum Gasteiger partial charge on any atom is -0.467 e. The Morgan fingerprint density at radius 3 is 3.14 bits per heavy atom. The molecule has 1 aromatic rings. The normalized spacial score (nSPS) is 31.9. The van der Waals surface area contributed by atoms with Crippen LogP contribution in [0.3, 0.4) is 0 Å². The molecule has 0 N–H and O–H groups in total. The highest BCUT2D eigenvalue weighted by atomic mass is 16.7. The van der Waals surface area contributed by atoms with Crippen molar-refractivity contribution in [2.24, 2.45) is 0 Å². The van der Waals surface area contributed by atoms with E-state index in [1.165, 1.54) is 12.7 Å². The Hall–Kier alpha value is -1.35. The Balaban J connectivity index is 2.11. The van der Waals surface area contributed by atoms with Crippen molar-refractivity contribution in [2.75, 3.05) is 7.11 Å². The number of carbonyl (C=O) groups excluding carboxylic acids is 1. The molecule has 0 bridgehead atoms. The minimum absolute atomic E-state index is 0.00681. The Morgan fingerprint density at radius 1 is 1.57 bits per heavy atom. The fraction of sp³-hybridized carbons (Fsp3) is 0.364. The van der Waals surface area contributed by atoms with E-state index < -0.39 is 5.60 Å². The van der Waals surface area contributed by atoms with Crippen LogP contribution in [0.25, 0.3) is 0 Å². The molecule has 0 amide bonds. The molecule has 72 valence electrons. The first kappa shape index (κ1) is 8.00. The largest absolute Gasteiger partial charge is 0.467 e. The number of rotatable bonds is 1. The zero-order valence-electron chi connectivity index (χ0n) is 7.82. The summed E-state index contributed by atoms with van der Waals surface area (Å²) in [5, 5.41) is 0. The predicted molar refractivity (Wildman–Crippen MR) is 48.7 cm³/mol. The molecule has 1 heterocycles. The standard InChI is InChI=1S/C11H10O3/c1-13-10(12)11-8-5-3-2-4-7(8)6-9(11)14-11/h2-5,9H,6H2,1H3/t9-,11-/m0/s1. The van der Waals surface area contributed by atoms with Crippen LogP contribution in [0.4, 0.5) is 0 Å². The molecule has 1 saturated heterocycles. The van der Waals surface area contributed by atoms with Gasteiger partial charge in [-0.25, -0.2) is 4.79 Å². The molecule has 0 aromatic heterocycles. The van der Waals surface area contributed by atoms with Crippen LogP contribution in [-0.4, -0.2) is 19.2 Å². The topological polar surface area (TPSA) is 38.8 Å². The molecule has 0 unspecified atom stereocenters. The quantitative estimate of drug-likeness (QED) is 0.490. The molecule has 1 fully saturated rings. The molecule has 2 aliphatic rings. The Bertz CT molecular complexity index is 413. The molecule has 14 heavy (non-hydrogen) atoms. The Kier molecular flexibility index (Phi) is 1.35. The lowest BCUT2D eigenvalue weighted by Gasteiger charge is -2.09. The summed E-state index contributed by atoms with van der Waals surface area (Å²) in [5.41, 5.74) is 1.43. The highest BCUT2D eigenvalue weighted by molar-refractivity contribution is 5.87. The van der Waals surface area contributed by atoms with E-state index in [1.54, 1.807) is 0 Å². The number of hydrogen-bond donors (Lipinski definition) is 0. The van der Waals surface area contributed by atoms with E-state index in [0.717, 1.165) is 12.0 Å². The first-order chi connectivity index (χ1) is 6.79. The van der Waals surface area contributed by atoms with E-state index in [2.05, 4.69) is 0 Å². The molecule has 3 heteroatoms. The van der Waals surface area contributed by atoms with E-state index in [4.69, 9.17) is 9.47 Å². The van der Waals surface area contributed by atoms with E-state index in [9.17, 15) is 4.79 Å². The zero-order chi connectivity index (χ0) is 9.76. The number of fused-ring (bicyclic) bond motifs is 3. The number of ether oxygens (including phenoxy) is 2. The number of carbonyl (C=O) groups is 1. The highest BCUT2D eigenvalue weighted by Crippen LogP contribution is 2.55. The van der Waals surface area contributed by atoms with E-state index in [1.807, 2.05) is 24.3 Å². The van der Waals surface area contributed by atoms with Gasteiger partial charge in [0.05, 0.1) is 7.11 Å². The van der Waals surface area contributed by atoms with Crippen LogP contribution in [0.2, 0.25) is 0 Å². The number of methoxy groups -OCH3 is 1. The molecule has 2 atom stereocenters. The summed E-state index contributed by atoms with van der Waals surface area (Å²) >= 11 is 0. The monoisotopic (exact) mass is 190 g/mol. The van der Waals surface area contributed by atoms with Crippen molar-refractivity contribution in [3.05, 3.63) is 35.4 Å². The second kappa shape index (κ2) is 2.36. The fourth-order valence-corrected chi connectivity index (χ4v) is 2.31. The lowest BCUT2D eigenvalue weighted by atomic mass is 10.0. The Labute approximate surface area is 81.6 Å². The second-order valence-corrected chi connectivity index (χ2v) is 3.69. The maximum absolute atomic E-state index is 11.6. The van der Waals surface area contributed by atoms with E-state index in [0.29, 0.717) is 0 Å². The maximum Gasteiger partial charge on any atom is 0.345 e. The maximum atomic E-state index is 11.6. The van der Waals surface area contributed by atoms with Gasteiger partial charge in [0.15, 0.2) is 0 Å². The van der Waals surface area contributed by atoms with Crippen LogP contribution in [0, 0.1) is 0 Å². The summed E-state index contributed by atoms with van der Waals surface area (Å²) in [6.07, 6.45) is 0.831. The number of benzene rings is 1. The van der Waals surface area contributed by atoms with E-state index in [-0.39, 0.29) is 12.1 Å². The third kappa shape index (κ3) is 0.738. The van der Waals surface area contributed by atoms with Crippen molar-refractivity contribution in [2.45, 2.75) is 18.1 Å². The summed E-state index contributed by atoms with van der Waals surface area (Å²) in [4.78, 5) is 11.6. The highest BCUT2D eigenvalue weighted by Gasteiger charge is 2.69. The molecule has 3 nitrogen and oxygen atoms in total. The average Bonchev–Trinajstić information content (AvgIpc) is 2.86. The lowest BCUT2D eigenvalue weighted by Crippen LogP contribution is -2.23. The zero-order valence-corrected chi connectivity index (χ0v) is 7.82. The van der Waals surface area contributed by atoms with Crippen LogP contribution < -0.4 is 0 Å². The van der Waals surface area contributed by atoms with Crippen molar-refractivity contribution in [1.82, 2.24) is 0 Å². The minimum atomic E-state index is -0.759. The molecule has 1 aromatic carbocycles. The third-order valence-corrected chi connectivity index (χ3v) is 3.04. The van der Waals surface area contributed by atoms with Gasteiger partial charge >= 0.3 is 5.97 Å². The first-order valence-corrected chi connectivity index (χ1v) is 4.63. The van der Waals surface area contributed by atoms with Gasteiger partial charge in [0.2, 0.25) is 5.60 Å². The van der Waals surface area contributed by atoms with Crippen LogP contribution in [0.15, 0.2) is 24.3 Å². The number of esters is 1. The van der Waals surface area contributed by atoms with Gasteiger partial charge in [-0.15, -0.1) is 0 Å². The van der Waals surface area contributed by atoms with Crippen molar-refractivity contribution in [1.29, 1.82) is 0 Å². The molecule has 0 saturated carbocycles. The van der Waals surface area contributed by atoms with Gasteiger partial charge in [-0.2, -0.15) is 0 Å². The molecule has 1 aliphatic carbocycles. The van der Waals surface area contributed by atoms with Crippen molar-refractivity contribution in [3.63, 3.8) is 0 Å². The van der Waals surface area contributed by atoms with Crippen LogP contribution >= 0.6 is 0 Å². The van der Waals surface area contributed by atoms with Gasteiger partial charge in [-0.3, -0.25) is 0 Å². The lowest BCUT2D eigenvalue weighted by molar-refractivity contribution is -0.147. The van der Waals surface area contributed by atoms with Gasteiger partial charge in [-0.1, -0.05) is 24.3 Å². The molecule has 1 aliphatic heterocycles. The smallest absolute Gasteiger partial charge is 0.345 e. The summed E-state index contributed by atoms with van der Waals surface area (Å²) in [5.74, 6) is -0.271. The molecule has 0 spiro atoms. The summed E-state index contributed by atoms with van der Waals surface area (Å²) < 4.78 is 10.2. The van der Waals surface area contributed by atoms with Gasteiger partial charge in [0.25, 0.3) is 0 Å². The summed E-state index contributed by atoms with van der Waals surface area (Å²) in [6.45, 7) is 0. The number of epoxide rings is 1. The predicted octanol–water partition coefficient (Wildman–Crippen LogP) is 1.01. The SMILES string of the molecule is COC(=O)[C@@]12O[C@H]1Cc1ccccc12. The van der Waals surface area contributed by atoms with E-state index >= 15 is 0 Å². The second-order valence-electron chi connectivity index (χ2n) is 3.69. The average molecular weight is 190 g/mol. The molecule has 3 rings (SSSR count). The third-order valence-electron chi connectivity index (χ3n) is 3.04. The van der Waals surface area contributed by atoms with Crippen molar-refractivity contribution >= 4 is 5.97 Å². The van der Waals surface area contributed by atoms with Crippen LogP contribution in [0.5, 0.6) is 0 Å². The van der Waals surface area contributed by atoms with Gasteiger partial charge < -0.3 is 9.47 Å². The van der Waals surface area contributed by atoms with Gasteiger partial charge in [0, 0.05) is 12.0 Å². The Morgan fingerprint density at radius 2 is 2.36 bits per heavy atom. The van der Waals surface area contributed by atoms with Gasteiger partial charge in [0.1, 0.15) is 6.10 Å². The fourth-order valence-electron chi connectivity index (χ4n) is 2.31. The van der Waals surface area contributed by atoms with Gasteiger partial charge in [-0.05, 0) is 5.56 Å². The summed E-state index contributed by atoms with van der Waals surface area (Å²) in [7, 11) is 1.40. The number of hydrogen-bond acceptors (Lipinski definition) is 3. The first-order valence-electron chi connectivity index (χ1n) is 4.63. The van der Waals surface area contributed by atoms with Crippen molar-refractivity contribution in [3.8, 4) is 0 Å². The molecular formula is C11H10O3.